The number of ether oxygens (including phenoxy) is 2. The van der Waals surface area contributed by atoms with E-state index in [1.165, 1.54) is 0 Å². The number of hydrogen-bond acceptors (Lipinski definition) is 5. The Bertz CT molecular complexity index is 747. The molecule has 0 saturated carbocycles. The summed E-state index contributed by atoms with van der Waals surface area (Å²) < 4.78 is 11.9. The van der Waals surface area contributed by atoms with E-state index in [0.717, 1.165) is 24.2 Å². The van der Waals surface area contributed by atoms with Crippen molar-refractivity contribution < 1.29 is 14.3 Å². The van der Waals surface area contributed by atoms with Crippen LogP contribution in [0.25, 0.3) is 0 Å². The third-order valence-corrected chi connectivity index (χ3v) is 4.64. The van der Waals surface area contributed by atoms with E-state index in [4.69, 9.17) is 9.47 Å². The molecule has 1 spiro atoms. The predicted molar refractivity (Wildman–Crippen MR) is 91.3 cm³/mol. The van der Waals surface area contributed by atoms with Crippen LogP contribution in [0.4, 0.5) is 10.6 Å². The smallest absolute Gasteiger partial charge is 0.323 e. The van der Waals surface area contributed by atoms with Crippen molar-refractivity contribution >= 4 is 11.8 Å². The van der Waals surface area contributed by atoms with Crippen molar-refractivity contribution in [2.45, 2.75) is 25.0 Å². The van der Waals surface area contributed by atoms with Gasteiger partial charge in [0.25, 0.3) is 0 Å². The molecule has 1 aromatic heterocycles. The van der Waals surface area contributed by atoms with Crippen LogP contribution in [-0.4, -0.2) is 46.5 Å². The summed E-state index contributed by atoms with van der Waals surface area (Å²) in [5.74, 6) is 1.28. The predicted octanol–water partition coefficient (Wildman–Crippen LogP) is 2.45. The average molecular weight is 340 g/mol. The summed E-state index contributed by atoms with van der Waals surface area (Å²) in [6.45, 7) is 2.28. The van der Waals surface area contributed by atoms with Crippen molar-refractivity contribution in [2.75, 3.05) is 25.1 Å². The number of aromatic nitrogens is 2. The number of rotatable bonds is 1. The van der Waals surface area contributed by atoms with Crippen molar-refractivity contribution in [3.8, 4) is 5.75 Å². The van der Waals surface area contributed by atoms with E-state index >= 15 is 0 Å². The van der Waals surface area contributed by atoms with Gasteiger partial charge in [0.05, 0.1) is 26.3 Å². The number of urea groups is 1. The fourth-order valence-electron chi connectivity index (χ4n) is 3.31. The molecule has 1 N–H and O–H groups in total. The first-order valence-corrected chi connectivity index (χ1v) is 8.42. The first-order valence-electron chi connectivity index (χ1n) is 8.42. The van der Waals surface area contributed by atoms with Gasteiger partial charge in [-0.15, -0.1) is 5.10 Å². The third kappa shape index (κ3) is 3.41. The lowest BCUT2D eigenvalue weighted by Gasteiger charge is -2.38. The Balaban J connectivity index is 1.61. The average Bonchev–Trinajstić information content (AvgIpc) is 2.80. The molecule has 7 nitrogen and oxygen atoms in total. The summed E-state index contributed by atoms with van der Waals surface area (Å²) in [5.41, 5.74) is 0.588. The molecular formula is C18H20N4O3. The van der Waals surface area contributed by atoms with Crippen molar-refractivity contribution in [2.24, 2.45) is 0 Å². The highest BCUT2D eigenvalue weighted by molar-refractivity contribution is 5.88. The van der Waals surface area contributed by atoms with E-state index in [-0.39, 0.29) is 6.03 Å². The Labute approximate surface area is 146 Å². The number of amides is 2. The number of para-hydroxylation sites is 1. The SMILES string of the molecule is O=C(Nc1cccnn1)N1Cc2ccccc2OC2(CCOCC2)C1. The van der Waals surface area contributed by atoms with Crippen LogP contribution >= 0.6 is 0 Å². The van der Waals surface area contributed by atoms with Gasteiger partial charge in [-0.05, 0) is 18.2 Å². The van der Waals surface area contributed by atoms with E-state index in [0.29, 0.717) is 32.1 Å². The molecule has 0 aliphatic carbocycles. The molecule has 0 radical (unpaired) electrons. The number of carbonyl (C=O) groups is 1. The zero-order valence-electron chi connectivity index (χ0n) is 13.9. The van der Waals surface area contributed by atoms with Crippen LogP contribution in [0, 0.1) is 0 Å². The number of anilines is 1. The van der Waals surface area contributed by atoms with E-state index in [1.807, 2.05) is 24.3 Å². The largest absolute Gasteiger partial charge is 0.485 e. The summed E-state index contributed by atoms with van der Waals surface area (Å²) >= 11 is 0. The molecule has 0 bridgehead atoms. The minimum atomic E-state index is -0.412. The maximum atomic E-state index is 12.8. The van der Waals surface area contributed by atoms with Gasteiger partial charge in [-0.25, -0.2) is 4.79 Å². The minimum Gasteiger partial charge on any atom is -0.485 e. The summed E-state index contributed by atoms with van der Waals surface area (Å²) in [5, 5.41) is 10.5. The van der Waals surface area contributed by atoms with Crippen molar-refractivity contribution in [3.63, 3.8) is 0 Å². The van der Waals surface area contributed by atoms with Gasteiger partial charge in [0.1, 0.15) is 11.4 Å². The fourth-order valence-corrected chi connectivity index (χ4v) is 3.31. The standard InChI is InChI=1S/C18H20N4O3/c23-17(20-16-6-3-9-19-21-16)22-12-14-4-1-2-5-15(14)25-18(13-22)7-10-24-11-8-18/h1-6,9H,7-8,10-13H2,(H,20,21,23). The maximum Gasteiger partial charge on any atom is 0.323 e. The van der Waals surface area contributed by atoms with Crippen LogP contribution < -0.4 is 10.1 Å². The zero-order chi connectivity index (χ0) is 17.1. The molecule has 1 fully saturated rings. The Hall–Kier alpha value is -2.67. The van der Waals surface area contributed by atoms with Crippen LogP contribution in [0.2, 0.25) is 0 Å². The highest BCUT2D eigenvalue weighted by Gasteiger charge is 2.40. The summed E-state index contributed by atoms with van der Waals surface area (Å²) in [4.78, 5) is 14.6. The molecule has 1 saturated heterocycles. The molecule has 0 unspecified atom stereocenters. The van der Waals surface area contributed by atoms with Crippen LogP contribution in [0.15, 0.2) is 42.6 Å². The van der Waals surface area contributed by atoms with Gasteiger partial charge in [0, 0.05) is 24.6 Å². The molecule has 3 heterocycles. The Kier molecular flexibility index (Phi) is 4.23. The van der Waals surface area contributed by atoms with Gasteiger partial charge in [-0.2, -0.15) is 5.10 Å². The topological polar surface area (TPSA) is 76.6 Å². The Morgan fingerprint density at radius 3 is 2.80 bits per heavy atom. The highest BCUT2D eigenvalue weighted by atomic mass is 16.5. The molecule has 7 heteroatoms. The van der Waals surface area contributed by atoms with E-state index in [9.17, 15) is 4.79 Å². The van der Waals surface area contributed by atoms with Gasteiger partial charge < -0.3 is 14.4 Å². The quantitative estimate of drug-likeness (QED) is 0.863. The van der Waals surface area contributed by atoms with Crippen LogP contribution in [-0.2, 0) is 11.3 Å². The molecule has 130 valence electrons. The van der Waals surface area contributed by atoms with Crippen molar-refractivity contribution in [3.05, 3.63) is 48.2 Å². The molecule has 0 atom stereocenters. The summed E-state index contributed by atoms with van der Waals surface area (Å²) in [7, 11) is 0. The number of fused-ring (bicyclic) bond motifs is 1. The molecule has 2 amide bonds. The lowest BCUT2D eigenvalue weighted by Crippen LogP contribution is -2.51. The minimum absolute atomic E-state index is 0.202. The summed E-state index contributed by atoms with van der Waals surface area (Å²) in [6, 6.07) is 11.1. The molecule has 25 heavy (non-hydrogen) atoms. The molecule has 2 aliphatic heterocycles. The van der Waals surface area contributed by atoms with Crippen LogP contribution in [0.1, 0.15) is 18.4 Å². The second-order valence-corrected chi connectivity index (χ2v) is 6.40. The van der Waals surface area contributed by atoms with Gasteiger partial charge in [0.15, 0.2) is 5.82 Å². The first kappa shape index (κ1) is 15.8. The molecule has 2 aliphatic rings. The Morgan fingerprint density at radius 1 is 1.16 bits per heavy atom. The third-order valence-electron chi connectivity index (χ3n) is 4.64. The number of carbonyl (C=O) groups excluding carboxylic acids is 1. The molecular weight excluding hydrogens is 320 g/mol. The van der Waals surface area contributed by atoms with Gasteiger partial charge in [0.2, 0.25) is 0 Å². The summed E-state index contributed by atoms with van der Waals surface area (Å²) in [6.07, 6.45) is 3.09. The van der Waals surface area contributed by atoms with E-state index < -0.39 is 5.60 Å². The maximum absolute atomic E-state index is 12.8. The van der Waals surface area contributed by atoms with Crippen molar-refractivity contribution in [1.82, 2.24) is 15.1 Å². The molecule has 2 aromatic rings. The number of benzene rings is 1. The van der Waals surface area contributed by atoms with Gasteiger partial charge in [-0.3, -0.25) is 5.32 Å². The first-order chi connectivity index (χ1) is 12.2. The van der Waals surface area contributed by atoms with Gasteiger partial charge in [-0.1, -0.05) is 18.2 Å². The number of nitrogens with zero attached hydrogens (tertiary/aromatic N) is 3. The Morgan fingerprint density at radius 2 is 2.00 bits per heavy atom. The van der Waals surface area contributed by atoms with Crippen LogP contribution in [0.3, 0.4) is 0 Å². The molecule has 4 rings (SSSR count). The number of hydrogen-bond donors (Lipinski definition) is 1. The number of nitrogens with one attached hydrogen (secondary N) is 1. The lowest BCUT2D eigenvalue weighted by atomic mass is 9.93. The lowest BCUT2D eigenvalue weighted by molar-refractivity contribution is -0.0529. The van der Waals surface area contributed by atoms with E-state index in [2.05, 4.69) is 15.5 Å². The zero-order valence-corrected chi connectivity index (χ0v) is 13.9. The normalized spacial score (nSPS) is 18.8. The fraction of sp³-hybridized carbons (Fsp3) is 0.389. The highest BCUT2D eigenvalue weighted by Crippen LogP contribution is 2.35. The van der Waals surface area contributed by atoms with Crippen molar-refractivity contribution in [1.29, 1.82) is 0 Å². The second-order valence-electron chi connectivity index (χ2n) is 6.40. The van der Waals surface area contributed by atoms with Crippen LogP contribution in [0.5, 0.6) is 5.75 Å². The molecule has 1 aromatic carbocycles. The van der Waals surface area contributed by atoms with Gasteiger partial charge >= 0.3 is 6.03 Å². The second kappa shape index (κ2) is 6.68. The monoisotopic (exact) mass is 340 g/mol. The van der Waals surface area contributed by atoms with E-state index in [1.54, 1.807) is 23.2 Å².